The lowest BCUT2D eigenvalue weighted by atomic mass is 9.33. The van der Waals surface area contributed by atoms with Gasteiger partial charge in [-0.3, -0.25) is 9.80 Å². The van der Waals surface area contributed by atoms with Crippen molar-refractivity contribution in [3.05, 3.63) is 200 Å². The first kappa shape index (κ1) is 34.5. The van der Waals surface area contributed by atoms with Crippen molar-refractivity contribution in [2.24, 2.45) is 0 Å². The third-order valence-corrected chi connectivity index (χ3v) is 12.8. The molecule has 286 valence electrons. The molecule has 0 amide bonds. The number of para-hydroxylation sites is 6. The minimum atomic E-state index is -0.0428. The van der Waals surface area contributed by atoms with Crippen LogP contribution in [0.4, 0.5) is 68.8 Å². The van der Waals surface area contributed by atoms with Crippen LogP contribution in [0.3, 0.4) is 0 Å². The van der Waals surface area contributed by atoms with E-state index in [0.29, 0.717) is 11.9 Å². The lowest BCUT2D eigenvalue weighted by Gasteiger charge is -2.44. The fraction of sp³-hybridized carbons (Fsp3) is 0. The van der Waals surface area contributed by atoms with Crippen LogP contribution < -0.4 is 52.4 Å². The van der Waals surface area contributed by atoms with Crippen LogP contribution in [0.2, 0.25) is 0 Å². The van der Waals surface area contributed by atoms with Crippen LogP contribution in [0.15, 0.2) is 194 Å². The Morgan fingerprint density at radius 1 is 0.323 bits per heavy atom. The van der Waals surface area contributed by atoms with Gasteiger partial charge in [0.05, 0.1) is 0 Å². The van der Waals surface area contributed by atoms with Gasteiger partial charge in [0.25, 0.3) is 13.4 Å². The molecule has 0 aliphatic carbocycles. The van der Waals surface area contributed by atoms with Gasteiger partial charge in [0, 0.05) is 56.9 Å². The minimum absolute atomic E-state index is 0.0336. The Bertz CT molecular complexity index is 3120. The highest BCUT2D eigenvalue weighted by atomic mass is 15.4. The van der Waals surface area contributed by atoms with Gasteiger partial charge in [-0.25, -0.2) is 0 Å². The summed E-state index contributed by atoms with van der Waals surface area (Å²) in [6, 6.07) is 70.7. The predicted molar refractivity (Wildman–Crippen MR) is 253 cm³/mol. The van der Waals surface area contributed by atoms with E-state index >= 15 is 0 Å². The van der Waals surface area contributed by atoms with Crippen LogP contribution in [-0.2, 0) is 0 Å². The second kappa shape index (κ2) is 13.3. The zero-order valence-electron chi connectivity index (χ0n) is 33.2. The lowest BCUT2D eigenvalue weighted by Crippen LogP contribution is -2.61. The van der Waals surface area contributed by atoms with Crippen molar-refractivity contribution < 1.29 is 0 Å². The Morgan fingerprint density at radius 3 is 1.00 bits per heavy atom. The van der Waals surface area contributed by atoms with Gasteiger partial charge in [0.15, 0.2) is 0 Å². The van der Waals surface area contributed by atoms with E-state index in [1.165, 1.54) is 10.9 Å². The maximum Gasteiger partial charge on any atom is 0.252 e. The van der Waals surface area contributed by atoms with E-state index in [4.69, 9.17) is 15.0 Å². The monoisotopic (exact) mass is 790 g/mol. The number of aromatic nitrogens is 3. The molecule has 13 rings (SSSR count). The predicted octanol–water partition coefficient (Wildman–Crippen LogP) is 7.91. The SMILES string of the molecule is N#Cc1nc(N2c3ccccc3B3c4ccccc4N(c4ccccc4)c4cccc2c43)nc(N2c3ccccc3B3c4ccccc4N(c4ccccc4)c4cccc2c43)n1. The van der Waals surface area contributed by atoms with Crippen LogP contribution in [-0.4, -0.2) is 28.4 Å². The third-order valence-electron chi connectivity index (χ3n) is 12.8. The molecule has 0 saturated heterocycles. The van der Waals surface area contributed by atoms with E-state index in [2.05, 4.69) is 220 Å². The molecule has 8 nitrogen and oxygen atoms in total. The maximum atomic E-state index is 10.7. The van der Waals surface area contributed by atoms with Gasteiger partial charge in [-0.15, -0.1) is 0 Å². The summed E-state index contributed by atoms with van der Waals surface area (Å²) in [5.41, 5.74) is 17.4. The summed E-state index contributed by atoms with van der Waals surface area (Å²) >= 11 is 0. The van der Waals surface area contributed by atoms with E-state index in [0.717, 1.165) is 78.7 Å². The van der Waals surface area contributed by atoms with E-state index in [9.17, 15) is 5.26 Å². The largest absolute Gasteiger partial charge is 0.311 e. The molecule has 0 spiro atoms. The van der Waals surface area contributed by atoms with Crippen molar-refractivity contribution in [1.82, 2.24) is 15.0 Å². The first-order chi connectivity index (χ1) is 30.8. The summed E-state index contributed by atoms with van der Waals surface area (Å²) in [5, 5.41) is 10.7. The molecule has 0 fully saturated rings. The molecule has 4 aliphatic heterocycles. The molecular weight excluding hydrogens is 758 g/mol. The molecule has 0 unspecified atom stereocenters. The molecule has 62 heavy (non-hydrogen) atoms. The van der Waals surface area contributed by atoms with Crippen LogP contribution in [0.1, 0.15) is 5.82 Å². The van der Waals surface area contributed by atoms with E-state index in [1.807, 2.05) is 0 Å². The molecule has 0 saturated carbocycles. The molecule has 0 atom stereocenters. The van der Waals surface area contributed by atoms with Gasteiger partial charge < -0.3 is 9.80 Å². The first-order valence-electron chi connectivity index (χ1n) is 20.8. The summed E-state index contributed by atoms with van der Waals surface area (Å²) in [6.45, 7) is -0.0857. The maximum absolute atomic E-state index is 10.7. The highest BCUT2D eigenvalue weighted by molar-refractivity contribution is 7.01. The van der Waals surface area contributed by atoms with Gasteiger partial charge in [-0.1, -0.05) is 121 Å². The highest BCUT2D eigenvalue weighted by Crippen LogP contribution is 2.46. The number of hydrogen-bond acceptors (Lipinski definition) is 8. The third kappa shape index (κ3) is 4.82. The summed E-state index contributed by atoms with van der Waals surface area (Å²) in [7, 11) is 0. The van der Waals surface area contributed by atoms with Gasteiger partial charge in [0.1, 0.15) is 6.07 Å². The molecule has 5 heterocycles. The fourth-order valence-electron chi connectivity index (χ4n) is 10.4. The van der Waals surface area contributed by atoms with Crippen molar-refractivity contribution in [2.45, 2.75) is 0 Å². The van der Waals surface area contributed by atoms with E-state index in [1.54, 1.807) is 0 Å². The van der Waals surface area contributed by atoms with Gasteiger partial charge in [-0.05, 0) is 106 Å². The topological polar surface area (TPSA) is 75.4 Å². The Kier molecular flexibility index (Phi) is 7.39. The van der Waals surface area contributed by atoms with Crippen molar-refractivity contribution in [3.63, 3.8) is 0 Å². The normalized spacial score (nSPS) is 13.6. The summed E-state index contributed by atoms with van der Waals surface area (Å²) in [5.74, 6) is 0.777. The zero-order chi connectivity index (χ0) is 40.9. The van der Waals surface area contributed by atoms with Crippen LogP contribution in [0.5, 0.6) is 0 Å². The lowest BCUT2D eigenvalue weighted by molar-refractivity contribution is 0.963. The molecule has 0 bridgehead atoms. The van der Waals surface area contributed by atoms with Crippen LogP contribution >= 0.6 is 0 Å². The quantitative estimate of drug-likeness (QED) is 0.167. The summed E-state index contributed by atoms with van der Waals surface area (Å²) in [4.78, 5) is 24.2. The van der Waals surface area contributed by atoms with Crippen LogP contribution in [0, 0.1) is 11.3 Å². The number of anilines is 12. The molecule has 0 radical (unpaired) electrons. The standard InChI is InChI=1S/C52H32B2N8/c55-33-48-56-51(61-42-27-13-9-23-38(42)53-36-21-7-11-25-40(36)59(34-17-3-1-4-18-34)44-29-15-31-46(61)49(44)53)58-52(57-48)62-43-28-14-10-24-39(43)54-37-22-8-12-26-41(37)60(35-19-5-2-6-20-35)45-30-16-32-47(62)50(45)54/h1-32H. The second-order valence-corrected chi connectivity index (χ2v) is 15.9. The smallest absolute Gasteiger partial charge is 0.252 e. The van der Waals surface area contributed by atoms with Crippen molar-refractivity contribution in [2.75, 3.05) is 19.6 Å². The van der Waals surface area contributed by atoms with Crippen molar-refractivity contribution in [1.29, 1.82) is 5.26 Å². The number of nitrogens with zero attached hydrogens (tertiary/aromatic N) is 8. The molecule has 9 aromatic rings. The number of nitriles is 1. The number of hydrogen-bond donors (Lipinski definition) is 0. The molecule has 1 aromatic heterocycles. The minimum Gasteiger partial charge on any atom is -0.311 e. The van der Waals surface area contributed by atoms with E-state index in [-0.39, 0.29) is 19.2 Å². The van der Waals surface area contributed by atoms with Gasteiger partial charge in [-0.2, -0.15) is 20.2 Å². The summed E-state index contributed by atoms with van der Waals surface area (Å²) < 4.78 is 0. The Balaban J connectivity index is 1.04. The Hall–Kier alpha value is -8.41. The van der Waals surface area contributed by atoms with E-state index < -0.39 is 0 Å². The van der Waals surface area contributed by atoms with Crippen molar-refractivity contribution >= 4 is 115 Å². The Labute approximate surface area is 359 Å². The zero-order valence-corrected chi connectivity index (χ0v) is 33.2. The summed E-state index contributed by atoms with van der Waals surface area (Å²) in [6.07, 6.45) is 0. The molecule has 8 aromatic carbocycles. The first-order valence-corrected chi connectivity index (χ1v) is 20.8. The Morgan fingerprint density at radius 2 is 0.629 bits per heavy atom. The number of fused-ring (bicyclic) bond motifs is 8. The molecule has 4 aliphatic rings. The van der Waals surface area contributed by atoms with Gasteiger partial charge in [0.2, 0.25) is 17.7 Å². The molecule has 10 heteroatoms. The average molecular weight is 791 g/mol. The van der Waals surface area contributed by atoms with Crippen molar-refractivity contribution in [3.8, 4) is 6.07 Å². The number of benzene rings is 8. The average Bonchev–Trinajstić information content (AvgIpc) is 3.34. The molecular formula is C52H32B2N8. The van der Waals surface area contributed by atoms with Gasteiger partial charge >= 0.3 is 0 Å². The fourth-order valence-corrected chi connectivity index (χ4v) is 10.4. The highest BCUT2D eigenvalue weighted by Gasteiger charge is 2.46. The van der Waals surface area contributed by atoms with Crippen LogP contribution in [0.25, 0.3) is 0 Å². The second-order valence-electron chi connectivity index (χ2n) is 15.9. The molecule has 0 N–H and O–H groups in total. The number of rotatable bonds is 4.